The van der Waals surface area contributed by atoms with E-state index in [2.05, 4.69) is 10.5 Å². The van der Waals surface area contributed by atoms with E-state index in [9.17, 15) is 9.18 Å². The SMILES string of the molecule is CCC(CC(=O)NCCOC)c1cnoc1-c1ccc(F)cc1. The van der Waals surface area contributed by atoms with E-state index in [1.807, 2.05) is 6.92 Å². The van der Waals surface area contributed by atoms with Crippen LogP contribution >= 0.6 is 0 Å². The minimum atomic E-state index is -0.306. The maximum atomic E-state index is 13.1. The molecule has 124 valence electrons. The van der Waals surface area contributed by atoms with E-state index in [1.54, 1.807) is 25.4 Å². The maximum Gasteiger partial charge on any atom is 0.220 e. The molecule has 1 amide bonds. The molecule has 1 atom stereocenters. The van der Waals surface area contributed by atoms with E-state index in [0.717, 1.165) is 17.5 Å². The van der Waals surface area contributed by atoms with Crippen molar-refractivity contribution < 1.29 is 18.4 Å². The average Bonchev–Trinajstić information content (AvgIpc) is 3.03. The number of hydrogen-bond donors (Lipinski definition) is 1. The summed E-state index contributed by atoms with van der Waals surface area (Å²) in [4.78, 5) is 12.0. The number of nitrogens with one attached hydrogen (secondary N) is 1. The van der Waals surface area contributed by atoms with Gasteiger partial charge in [0, 0.05) is 31.2 Å². The third-order valence-corrected chi connectivity index (χ3v) is 3.70. The molecule has 0 aliphatic heterocycles. The Balaban J connectivity index is 2.11. The fourth-order valence-corrected chi connectivity index (χ4v) is 2.42. The Morgan fingerprint density at radius 2 is 2.13 bits per heavy atom. The van der Waals surface area contributed by atoms with Crippen LogP contribution in [0.3, 0.4) is 0 Å². The van der Waals surface area contributed by atoms with Crippen LogP contribution in [0.25, 0.3) is 11.3 Å². The molecule has 0 aliphatic carbocycles. The highest BCUT2D eigenvalue weighted by atomic mass is 19.1. The molecule has 1 aromatic heterocycles. The van der Waals surface area contributed by atoms with E-state index < -0.39 is 0 Å². The number of halogens is 1. The molecular weight excluding hydrogens is 299 g/mol. The fourth-order valence-electron chi connectivity index (χ4n) is 2.42. The largest absolute Gasteiger partial charge is 0.383 e. The molecule has 2 rings (SSSR count). The summed E-state index contributed by atoms with van der Waals surface area (Å²) in [6, 6.07) is 6.04. The summed E-state index contributed by atoms with van der Waals surface area (Å²) < 4.78 is 23.3. The first-order chi connectivity index (χ1) is 11.2. The number of carbonyl (C=O) groups is 1. The van der Waals surface area contributed by atoms with Crippen LogP contribution in [0.5, 0.6) is 0 Å². The van der Waals surface area contributed by atoms with Gasteiger partial charge in [0.25, 0.3) is 0 Å². The highest BCUT2D eigenvalue weighted by Gasteiger charge is 2.21. The minimum absolute atomic E-state index is 0.0103. The predicted molar refractivity (Wildman–Crippen MR) is 84.4 cm³/mol. The molecule has 0 aliphatic rings. The quantitative estimate of drug-likeness (QED) is 0.759. The zero-order chi connectivity index (χ0) is 16.7. The van der Waals surface area contributed by atoms with Crippen LogP contribution in [0.2, 0.25) is 0 Å². The molecule has 1 N–H and O–H groups in total. The van der Waals surface area contributed by atoms with Crippen LogP contribution in [-0.4, -0.2) is 31.3 Å². The van der Waals surface area contributed by atoms with Gasteiger partial charge >= 0.3 is 0 Å². The Kier molecular flexibility index (Phi) is 6.29. The maximum absolute atomic E-state index is 13.1. The Morgan fingerprint density at radius 3 is 2.78 bits per heavy atom. The van der Waals surface area contributed by atoms with Gasteiger partial charge in [-0.1, -0.05) is 12.1 Å². The van der Waals surface area contributed by atoms with Crippen molar-refractivity contribution in [1.29, 1.82) is 0 Å². The number of ether oxygens (including phenoxy) is 1. The summed E-state index contributed by atoms with van der Waals surface area (Å²) >= 11 is 0. The van der Waals surface area contributed by atoms with Gasteiger partial charge in [0.2, 0.25) is 5.91 Å². The fraction of sp³-hybridized carbons (Fsp3) is 0.412. The lowest BCUT2D eigenvalue weighted by atomic mass is 9.91. The third-order valence-electron chi connectivity index (χ3n) is 3.70. The standard InChI is InChI=1S/C17H21FN2O3/c1-3-12(10-16(21)19-8-9-22-2)15-11-20-23-17(15)13-4-6-14(18)7-5-13/h4-7,11-12H,3,8-10H2,1-2H3,(H,19,21). The second-order valence-corrected chi connectivity index (χ2v) is 5.27. The van der Waals surface area contributed by atoms with E-state index in [0.29, 0.717) is 25.3 Å². The number of aromatic nitrogens is 1. The van der Waals surface area contributed by atoms with Crippen LogP contribution in [0.15, 0.2) is 35.0 Å². The summed E-state index contributed by atoms with van der Waals surface area (Å²) in [6.07, 6.45) is 2.75. The van der Waals surface area contributed by atoms with Crippen LogP contribution in [-0.2, 0) is 9.53 Å². The lowest BCUT2D eigenvalue weighted by Crippen LogP contribution is -2.28. The van der Waals surface area contributed by atoms with Crippen molar-refractivity contribution in [2.45, 2.75) is 25.7 Å². The number of amides is 1. The van der Waals surface area contributed by atoms with Crippen molar-refractivity contribution in [3.05, 3.63) is 41.8 Å². The first-order valence-corrected chi connectivity index (χ1v) is 7.61. The number of benzene rings is 1. The second kappa shape index (κ2) is 8.43. The highest BCUT2D eigenvalue weighted by molar-refractivity contribution is 5.77. The van der Waals surface area contributed by atoms with E-state index in [1.165, 1.54) is 12.1 Å². The second-order valence-electron chi connectivity index (χ2n) is 5.27. The zero-order valence-corrected chi connectivity index (χ0v) is 13.3. The van der Waals surface area contributed by atoms with Crippen molar-refractivity contribution in [2.75, 3.05) is 20.3 Å². The van der Waals surface area contributed by atoms with Gasteiger partial charge in [-0.3, -0.25) is 4.79 Å². The van der Waals surface area contributed by atoms with Gasteiger partial charge in [-0.15, -0.1) is 0 Å². The third kappa shape index (κ3) is 4.63. The Bertz CT molecular complexity index is 625. The minimum Gasteiger partial charge on any atom is -0.383 e. The van der Waals surface area contributed by atoms with Gasteiger partial charge < -0.3 is 14.6 Å². The highest BCUT2D eigenvalue weighted by Crippen LogP contribution is 2.33. The molecule has 1 unspecified atom stereocenters. The monoisotopic (exact) mass is 320 g/mol. The van der Waals surface area contributed by atoms with Crippen molar-refractivity contribution >= 4 is 5.91 Å². The molecule has 23 heavy (non-hydrogen) atoms. The van der Waals surface area contributed by atoms with Crippen molar-refractivity contribution in [3.63, 3.8) is 0 Å². The molecule has 0 spiro atoms. The smallest absolute Gasteiger partial charge is 0.220 e. The number of nitrogens with zero attached hydrogens (tertiary/aromatic N) is 1. The number of hydrogen-bond acceptors (Lipinski definition) is 4. The Labute approximate surface area is 134 Å². The molecule has 1 heterocycles. The lowest BCUT2D eigenvalue weighted by Gasteiger charge is -2.14. The van der Waals surface area contributed by atoms with E-state index in [-0.39, 0.29) is 17.6 Å². The van der Waals surface area contributed by atoms with Gasteiger partial charge in [-0.2, -0.15) is 0 Å². The molecule has 2 aromatic rings. The van der Waals surface area contributed by atoms with Crippen LogP contribution < -0.4 is 5.32 Å². The topological polar surface area (TPSA) is 64.4 Å². The van der Waals surface area contributed by atoms with Gasteiger partial charge in [-0.25, -0.2) is 4.39 Å². The summed E-state index contributed by atoms with van der Waals surface area (Å²) in [5, 5.41) is 6.66. The zero-order valence-electron chi connectivity index (χ0n) is 13.3. The Hall–Kier alpha value is -2.21. The molecule has 6 heteroatoms. The first kappa shape index (κ1) is 17.1. The van der Waals surface area contributed by atoms with Crippen molar-refractivity contribution in [2.24, 2.45) is 0 Å². The summed E-state index contributed by atoms with van der Waals surface area (Å²) in [7, 11) is 1.59. The number of rotatable bonds is 8. The van der Waals surface area contributed by atoms with Gasteiger partial charge in [0.1, 0.15) is 5.82 Å². The molecule has 0 radical (unpaired) electrons. The Morgan fingerprint density at radius 1 is 1.39 bits per heavy atom. The molecule has 0 fully saturated rings. The molecule has 1 aromatic carbocycles. The number of methoxy groups -OCH3 is 1. The normalized spacial score (nSPS) is 12.1. The molecular formula is C17H21FN2O3. The number of carbonyl (C=O) groups excluding carboxylic acids is 1. The van der Waals surface area contributed by atoms with E-state index in [4.69, 9.17) is 9.26 Å². The van der Waals surface area contributed by atoms with Gasteiger partial charge in [0.05, 0.1) is 12.8 Å². The molecule has 0 saturated heterocycles. The van der Waals surface area contributed by atoms with Crippen molar-refractivity contribution in [3.8, 4) is 11.3 Å². The predicted octanol–water partition coefficient (Wildman–Crippen LogP) is 3.13. The summed E-state index contributed by atoms with van der Waals surface area (Å²) in [5.41, 5.74) is 1.61. The molecule has 0 saturated carbocycles. The van der Waals surface area contributed by atoms with Crippen LogP contribution in [0.1, 0.15) is 31.2 Å². The van der Waals surface area contributed by atoms with Gasteiger partial charge in [0.15, 0.2) is 5.76 Å². The summed E-state index contributed by atoms with van der Waals surface area (Å²) in [5.74, 6) is 0.227. The average molecular weight is 320 g/mol. The van der Waals surface area contributed by atoms with Crippen LogP contribution in [0, 0.1) is 5.82 Å². The molecule has 5 nitrogen and oxygen atoms in total. The van der Waals surface area contributed by atoms with Crippen molar-refractivity contribution in [1.82, 2.24) is 10.5 Å². The first-order valence-electron chi connectivity index (χ1n) is 7.61. The summed E-state index contributed by atoms with van der Waals surface area (Å²) in [6.45, 7) is 2.98. The van der Waals surface area contributed by atoms with E-state index >= 15 is 0 Å². The van der Waals surface area contributed by atoms with Gasteiger partial charge in [-0.05, 0) is 36.6 Å². The molecule has 0 bridgehead atoms. The van der Waals surface area contributed by atoms with Crippen LogP contribution in [0.4, 0.5) is 4.39 Å². The lowest BCUT2D eigenvalue weighted by molar-refractivity contribution is -0.121.